The van der Waals surface area contributed by atoms with E-state index in [4.69, 9.17) is 16.3 Å². The summed E-state index contributed by atoms with van der Waals surface area (Å²) < 4.78 is 19.1. The zero-order valence-corrected chi connectivity index (χ0v) is 14.1. The molecule has 0 aromatic heterocycles. The third-order valence-corrected chi connectivity index (χ3v) is 4.60. The number of hydrogen-bond acceptors (Lipinski definition) is 1. The summed E-state index contributed by atoms with van der Waals surface area (Å²) in [4.78, 5) is 0. The monoisotopic (exact) mass is 370 g/mol. The van der Waals surface area contributed by atoms with E-state index in [1.54, 1.807) is 7.11 Å². The molecule has 1 nitrogen and oxygen atoms in total. The minimum absolute atomic E-state index is 0.233. The standard InChI is InChI=1S/C17H17BrClFO/c1-21-16-6-2-12(3-7-16)8-13(11-19)9-14-4-5-15(20)10-17(14)18/h2-7,10,13H,8-9,11H2,1H3. The highest BCUT2D eigenvalue weighted by Crippen LogP contribution is 2.24. The van der Waals surface area contributed by atoms with Gasteiger partial charge in [0.25, 0.3) is 0 Å². The normalized spacial score (nSPS) is 12.2. The SMILES string of the molecule is COc1ccc(CC(CCl)Cc2ccc(F)cc2Br)cc1. The lowest BCUT2D eigenvalue weighted by Gasteiger charge is -2.15. The predicted octanol–water partition coefficient (Wildman–Crippen LogP) is 5.24. The van der Waals surface area contributed by atoms with E-state index >= 15 is 0 Å². The molecule has 0 saturated carbocycles. The van der Waals surface area contributed by atoms with Gasteiger partial charge in [0.2, 0.25) is 0 Å². The molecular formula is C17H17BrClFO. The molecule has 1 unspecified atom stereocenters. The van der Waals surface area contributed by atoms with E-state index in [1.807, 2.05) is 18.2 Å². The first-order valence-corrected chi connectivity index (χ1v) is 8.08. The van der Waals surface area contributed by atoms with Gasteiger partial charge in [0.15, 0.2) is 0 Å². The summed E-state index contributed by atoms with van der Waals surface area (Å²) in [5.41, 5.74) is 2.30. The van der Waals surface area contributed by atoms with Crippen LogP contribution in [-0.4, -0.2) is 13.0 Å². The maximum Gasteiger partial charge on any atom is 0.124 e. The Morgan fingerprint density at radius 3 is 2.43 bits per heavy atom. The molecule has 0 saturated heterocycles. The van der Waals surface area contributed by atoms with Crippen LogP contribution in [0.25, 0.3) is 0 Å². The number of benzene rings is 2. The van der Waals surface area contributed by atoms with Crippen LogP contribution in [0.5, 0.6) is 5.75 Å². The molecule has 0 aliphatic rings. The van der Waals surface area contributed by atoms with E-state index in [-0.39, 0.29) is 5.82 Å². The second kappa shape index (κ2) is 7.81. The molecule has 0 radical (unpaired) electrons. The molecule has 0 fully saturated rings. The van der Waals surface area contributed by atoms with Crippen LogP contribution in [0.2, 0.25) is 0 Å². The summed E-state index contributed by atoms with van der Waals surface area (Å²) in [5.74, 6) is 1.49. The van der Waals surface area contributed by atoms with Gasteiger partial charge in [-0.3, -0.25) is 0 Å². The third kappa shape index (κ3) is 4.72. The Bertz CT molecular complexity index is 586. The fourth-order valence-electron chi connectivity index (χ4n) is 2.27. The molecule has 0 spiro atoms. The highest BCUT2D eigenvalue weighted by molar-refractivity contribution is 9.10. The maximum atomic E-state index is 13.1. The maximum absolute atomic E-state index is 13.1. The number of hydrogen-bond donors (Lipinski definition) is 0. The van der Waals surface area contributed by atoms with Gasteiger partial charge < -0.3 is 4.74 Å². The minimum atomic E-state index is -0.233. The van der Waals surface area contributed by atoms with Crippen molar-refractivity contribution in [2.45, 2.75) is 12.8 Å². The molecule has 2 aromatic rings. The lowest BCUT2D eigenvalue weighted by Crippen LogP contribution is -2.10. The Labute approximate surface area is 138 Å². The number of ether oxygens (including phenoxy) is 1. The highest BCUT2D eigenvalue weighted by Gasteiger charge is 2.12. The molecule has 2 rings (SSSR count). The van der Waals surface area contributed by atoms with Crippen molar-refractivity contribution in [2.75, 3.05) is 13.0 Å². The molecule has 0 aliphatic heterocycles. The van der Waals surface area contributed by atoms with Crippen molar-refractivity contribution >= 4 is 27.5 Å². The zero-order valence-electron chi connectivity index (χ0n) is 11.8. The fourth-order valence-corrected chi connectivity index (χ4v) is 3.01. The molecule has 0 amide bonds. The topological polar surface area (TPSA) is 9.23 Å². The number of rotatable bonds is 6. The molecule has 0 N–H and O–H groups in total. The van der Waals surface area contributed by atoms with Crippen molar-refractivity contribution in [3.8, 4) is 5.75 Å². The van der Waals surface area contributed by atoms with E-state index in [1.165, 1.54) is 17.7 Å². The third-order valence-electron chi connectivity index (χ3n) is 3.43. The number of methoxy groups -OCH3 is 1. The Kier molecular flexibility index (Phi) is 6.07. The van der Waals surface area contributed by atoms with Crippen LogP contribution in [0.4, 0.5) is 4.39 Å². The number of halogens is 3. The molecule has 21 heavy (non-hydrogen) atoms. The van der Waals surface area contributed by atoms with Crippen molar-refractivity contribution in [1.82, 2.24) is 0 Å². The average Bonchev–Trinajstić information content (AvgIpc) is 2.49. The summed E-state index contributed by atoms with van der Waals surface area (Å²) >= 11 is 9.50. The zero-order chi connectivity index (χ0) is 15.2. The molecule has 2 aromatic carbocycles. The molecule has 0 aliphatic carbocycles. The largest absolute Gasteiger partial charge is 0.497 e. The first kappa shape index (κ1) is 16.3. The lowest BCUT2D eigenvalue weighted by molar-refractivity contribution is 0.414. The van der Waals surface area contributed by atoms with Gasteiger partial charge in [0.1, 0.15) is 11.6 Å². The van der Waals surface area contributed by atoms with Crippen molar-refractivity contribution in [3.05, 3.63) is 63.9 Å². The molecular weight excluding hydrogens is 355 g/mol. The van der Waals surface area contributed by atoms with Crippen LogP contribution in [-0.2, 0) is 12.8 Å². The van der Waals surface area contributed by atoms with E-state index in [2.05, 4.69) is 28.1 Å². The molecule has 1 atom stereocenters. The van der Waals surface area contributed by atoms with E-state index in [0.717, 1.165) is 28.6 Å². The van der Waals surface area contributed by atoms with Gasteiger partial charge in [0.05, 0.1) is 7.11 Å². The summed E-state index contributed by atoms with van der Waals surface area (Å²) in [7, 11) is 1.66. The van der Waals surface area contributed by atoms with Crippen molar-refractivity contribution in [1.29, 1.82) is 0 Å². The average molecular weight is 372 g/mol. The summed E-state index contributed by atoms with van der Waals surface area (Å²) in [6.07, 6.45) is 1.70. The Morgan fingerprint density at radius 1 is 1.14 bits per heavy atom. The lowest BCUT2D eigenvalue weighted by atomic mass is 9.94. The Balaban J connectivity index is 2.05. The minimum Gasteiger partial charge on any atom is -0.497 e. The van der Waals surface area contributed by atoms with Gasteiger partial charge in [-0.1, -0.05) is 34.1 Å². The van der Waals surface area contributed by atoms with Gasteiger partial charge in [-0.15, -0.1) is 11.6 Å². The van der Waals surface area contributed by atoms with Gasteiger partial charge >= 0.3 is 0 Å². The predicted molar refractivity (Wildman–Crippen MR) is 88.7 cm³/mol. The molecule has 0 bridgehead atoms. The summed E-state index contributed by atoms with van der Waals surface area (Å²) in [6.45, 7) is 0. The first-order chi connectivity index (χ1) is 10.1. The van der Waals surface area contributed by atoms with Gasteiger partial charge in [0, 0.05) is 10.4 Å². The first-order valence-electron chi connectivity index (χ1n) is 6.75. The molecule has 112 valence electrons. The van der Waals surface area contributed by atoms with Crippen molar-refractivity contribution in [3.63, 3.8) is 0 Å². The summed E-state index contributed by atoms with van der Waals surface area (Å²) in [5, 5.41) is 0. The Morgan fingerprint density at radius 2 is 1.86 bits per heavy atom. The van der Waals surface area contributed by atoms with Crippen LogP contribution in [0.1, 0.15) is 11.1 Å². The molecule has 0 heterocycles. The Hall–Kier alpha value is -1.06. The van der Waals surface area contributed by atoms with E-state index < -0.39 is 0 Å². The van der Waals surface area contributed by atoms with Gasteiger partial charge in [-0.05, 0) is 54.2 Å². The van der Waals surface area contributed by atoms with Crippen LogP contribution in [0.3, 0.4) is 0 Å². The van der Waals surface area contributed by atoms with Crippen molar-refractivity contribution in [2.24, 2.45) is 5.92 Å². The molecule has 4 heteroatoms. The number of alkyl halides is 1. The van der Waals surface area contributed by atoms with E-state index in [0.29, 0.717) is 11.8 Å². The highest BCUT2D eigenvalue weighted by atomic mass is 79.9. The second-order valence-electron chi connectivity index (χ2n) is 5.01. The summed E-state index contributed by atoms with van der Waals surface area (Å²) in [6, 6.07) is 12.8. The van der Waals surface area contributed by atoms with Gasteiger partial charge in [-0.25, -0.2) is 4.39 Å². The van der Waals surface area contributed by atoms with Crippen LogP contribution >= 0.6 is 27.5 Å². The van der Waals surface area contributed by atoms with Crippen LogP contribution < -0.4 is 4.74 Å². The fraction of sp³-hybridized carbons (Fsp3) is 0.294. The van der Waals surface area contributed by atoms with Gasteiger partial charge in [-0.2, -0.15) is 0 Å². The van der Waals surface area contributed by atoms with Crippen LogP contribution in [0, 0.1) is 11.7 Å². The van der Waals surface area contributed by atoms with E-state index in [9.17, 15) is 4.39 Å². The smallest absolute Gasteiger partial charge is 0.124 e. The van der Waals surface area contributed by atoms with Crippen LogP contribution in [0.15, 0.2) is 46.9 Å². The quantitative estimate of drug-likeness (QED) is 0.631. The second-order valence-corrected chi connectivity index (χ2v) is 6.18. The van der Waals surface area contributed by atoms with Crippen molar-refractivity contribution < 1.29 is 9.13 Å².